The zero-order valence-corrected chi connectivity index (χ0v) is 19.4. The summed E-state index contributed by atoms with van der Waals surface area (Å²) in [6, 6.07) is 7.98. The van der Waals surface area contributed by atoms with Crippen molar-refractivity contribution in [1.29, 1.82) is 0 Å². The van der Waals surface area contributed by atoms with Crippen molar-refractivity contribution in [3.05, 3.63) is 74.5 Å². The number of rotatable bonds is 6. The summed E-state index contributed by atoms with van der Waals surface area (Å²) in [7, 11) is 0. The lowest BCUT2D eigenvalue weighted by Gasteiger charge is -2.25. The molecule has 1 amide bonds. The van der Waals surface area contributed by atoms with E-state index in [4.69, 9.17) is 4.74 Å². The number of carboxylic acid groups (broad SMARTS) is 1. The Hall–Kier alpha value is -3.44. The molecular weight excluding hydrogens is 511 g/mol. The third kappa shape index (κ3) is 5.20. The Bertz CT molecular complexity index is 1270. The van der Waals surface area contributed by atoms with E-state index in [0.717, 1.165) is 12.1 Å². The number of aromatic nitrogens is 3. The maximum absolute atomic E-state index is 13.5. The van der Waals surface area contributed by atoms with Gasteiger partial charge in [0.1, 0.15) is 21.7 Å². The zero-order valence-electron chi connectivity index (χ0n) is 17.8. The number of benzene rings is 1. The Morgan fingerprint density at radius 1 is 1.15 bits per heavy atom. The normalized spacial score (nSPS) is 14.1. The highest BCUT2D eigenvalue weighted by Crippen LogP contribution is 2.25. The van der Waals surface area contributed by atoms with Crippen LogP contribution in [-0.4, -0.2) is 45.0 Å². The van der Waals surface area contributed by atoms with Crippen molar-refractivity contribution < 1.29 is 23.8 Å². The van der Waals surface area contributed by atoms with Crippen LogP contribution in [-0.2, 0) is 11.3 Å². The molecule has 9 nitrogen and oxygen atoms in total. The topological polar surface area (TPSA) is 123 Å². The molecule has 0 radical (unpaired) electrons. The van der Waals surface area contributed by atoms with E-state index in [-0.39, 0.29) is 40.7 Å². The van der Waals surface area contributed by atoms with Crippen LogP contribution in [0.3, 0.4) is 0 Å². The second-order valence-corrected chi connectivity index (χ2v) is 8.62. The summed E-state index contributed by atoms with van der Waals surface area (Å²) in [4.78, 5) is 38.8. The molecule has 2 N–H and O–H groups in total. The van der Waals surface area contributed by atoms with Gasteiger partial charge in [-0.05, 0) is 64.5 Å². The number of pyridine rings is 1. The molecule has 0 bridgehead atoms. The van der Waals surface area contributed by atoms with Gasteiger partial charge >= 0.3 is 5.97 Å². The summed E-state index contributed by atoms with van der Waals surface area (Å²) < 4.78 is 20.8. The van der Waals surface area contributed by atoms with Crippen molar-refractivity contribution in [3.63, 3.8) is 0 Å². The van der Waals surface area contributed by atoms with E-state index in [9.17, 15) is 23.9 Å². The minimum Gasteiger partial charge on any atom is -0.477 e. The van der Waals surface area contributed by atoms with Crippen molar-refractivity contribution in [2.24, 2.45) is 5.92 Å². The first-order valence-electron chi connectivity index (χ1n) is 10.5. The number of carboxylic acids is 1. The number of aromatic carboxylic acids is 1. The molecule has 1 saturated heterocycles. The van der Waals surface area contributed by atoms with Gasteiger partial charge in [0.2, 0.25) is 5.43 Å². The van der Waals surface area contributed by atoms with Gasteiger partial charge in [0.05, 0.1) is 5.56 Å². The lowest BCUT2D eigenvalue weighted by molar-refractivity contribution is 0.0591. The molecule has 0 spiro atoms. The van der Waals surface area contributed by atoms with Gasteiger partial charge in [0.25, 0.3) is 5.91 Å². The number of hydrogen-bond acceptors (Lipinski definition) is 6. The minimum atomic E-state index is -1.32. The van der Waals surface area contributed by atoms with E-state index in [0.29, 0.717) is 30.7 Å². The smallest absolute Gasteiger partial charge is 0.353 e. The number of ether oxygens (including phenoxy) is 1. The molecular formula is C23H20BrFN4O5. The second-order valence-electron chi connectivity index (χ2n) is 7.81. The fraction of sp³-hybridized carbons (Fsp3) is 0.261. The highest BCUT2D eigenvalue weighted by molar-refractivity contribution is 9.10. The van der Waals surface area contributed by atoms with Gasteiger partial charge in [-0.3, -0.25) is 9.59 Å². The van der Waals surface area contributed by atoms with Crippen molar-refractivity contribution in [2.45, 2.75) is 19.4 Å². The van der Waals surface area contributed by atoms with E-state index in [1.807, 2.05) is 0 Å². The van der Waals surface area contributed by atoms with Crippen LogP contribution in [0.2, 0.25) is 0 Å². The van der Waals surface area contributed by atoms with Crippen molar-refractivity contribution in [3.8, 4) is 11.1 Å². The predicted octanol–water partition coefficient (Wildman–Crippen LogP) is 3.58. The van der Waals surface area contributed by atoms with E-state index in [2.05, 4.69) is 31.4 Å². The largest absolute Gasteiger partial charge is 0.477 e. The fourth-order valence-electron chi connectivity index (χ4n) is 3.86. The van der Waals surface area contributed by atoms with Crippen LogP contribution in [0.15, 0.2) is 52.0 Å². The fourth-order valence-corrected chi connectivity index (χ4v) is 4.07. The quantitative estimate of drug-likeness (QED) is 0.499. The van der Waals surface area contributed by atoms with Gasteiger partial charge in [0, 0.05) is 26.0 Å². The molecule has 1 aliphatic rings. The first kappa shape index (κ1) is 23.7. The van der Waals surface area contributed by atoms with Crippen LogP contribution in [0.25, 0.3) is 11.1 Å². The van der Waals surface area contributed by atoms with Crippen LogP contribution >= 0.6 is 15.9 Å². The van der Waals surface area contributed by atoms with E-state index >= 15 is 0 Å². The number of anilines is 1. The third-order valence-electron chi connectivity index (χ3n) is 5.53. The summed E-state index contributed by atoms with van der Waals surface area (Å²) in [6.07, 6.45) is 2.69. The lowest BCUT2D eigenvalue weighted by atomic mass is 9.97. The second kappa shape index (κ2) is 10.2. The molecule has 2 aromatic heterocycles. The molecule has 1 aliphatic heterocycles. The van der Waals surface area contributed by atoms with Gasteiger partial charge in [0.15, 0.2) is 5.82 Å². The maximum atomic E-state index is 13.5. The average Bonchev–Trinajstić information content (AvgIpc) is 2.82. The Morgan fingerprint density at radius 2 is 1.85 bits per heavy atom. The van der Waals surface area contributed by atoms with Gasteiger partial charge in [-0.25, -0.2) is 9.18 Å². The summed E-state index contributed by atoms with van der Waals surface area (Å²) in [5.74, 6) is -2.40. The first-order chi connectivity index (χ1) is 16.3. The number of nitrogens with zero attached hydrogens (tertiary/aromatic N) is 3. The molecule has 34 heavy (non-hydrogen) atoms. The molecule has 3 aromatic rings. The number of carbonyl (C=O) groups excluding carboxylic acids is 1. The van der Waals surface area contributed by atoms with Crippen LogP contribution in [0.4, 0.5) is 10.2 Å². The van der Waals surface area contributed by atoms with Gasteiger partial charge in [-0.15, -0.1) is 10.2 Å². The molecule has 1 fully saturated rings. The number of halogens is 2. The summed E-state index contributed by atoms with van der Waals surface area (Å²) in [5, 5.41) is 20.2. The Balaban J connectivity index is 1.85. The summed E-state index contributed by atoms with van der Waals surface area (Å²) >= 11 is 3.16. The number of amides is 1. The predicted molar refractivity (Wildman–Crippen MR) is 124 cm³/mol. The van der Waals surface area contributed by atoms with Crippen molar-refractivity contribution in [1.82, 2.24) is 14.8 Å². The van der Waals surface area contributed by atoms with Crippen molar-refractivity contribution >= 4 is 33.6 Å². The molecule has 4 rings (SSSR count). The van der Waals surface area contributed by atoms with Gasteiger partial charge in [-0.1, -0.05) is 12.1 Å². The minimum absolute atomic E-state index is 0.101. The Labute approximate surface area is 201 Å². The lowest BCUT2D eigenvalue weighted by Crippen LogP contribution is -2.31. The number of carbonyl (C=O) groups is 2. The average molecular weight is 531 g/mol. The van der Waals surface area contributed by atoms with E-state index in [1.54, 1.807) is 6.07 Å². The third-order valence-corrected chi connectivity index (χ3v) is 5.95. The highest BCUT2D eigenvalue weighted by Gasteiger charge is 2.27. The van der Waals surface area contributed by atoms with Gasteiger partial charge < -0.3 is 19.7 Å². The Kier molecular flexibility index (Phi) is 7.13. The van der Waals surface area contributed by atoms with Crippen LogP contribution in [0.1, 0.15) is 33.7 Å². The van der Waals surface area contributed by atoms with Gasteiger partial charge in [-0.2, -0.15) is 0 Å². The van der Waals surface area contributed by atoms with Crippen LogP contribution in [0.5, 0.6) is 0 Å². The van der Waals surface area contributed by atoms with Crippen molar-refractivity contribution in [2.75, 3.05) is 18.5 Å². The molecule has 0 saturated carbocycles. The molecule has 0 atom stereocenters. The van der Waals surface area contributed by atoms with E-state index in [1.165, 1.54) is 29.0 Å². The summed E-state index contributed by atoms with van der Waals surface area (Å²) in [6.45, 7) is 1.37. The summed E-state index contributed by atoms with van der Waals surface area (Å²) in [5.41, 5.74) is -1.30. The SMILES string of the molecule is O=C(Nc1ccc(Br)nn1)c1cn(CC2CCOCC2)c(C(=O)O)c(-c2ccc(F)cc2)c1=O. The first-order valence-corrected chi connectivity index (χ1v) is 11.3. The standard InChI is InChI=1S/C23H20BrFN4O5/c24-17-5-6-18(28-27-17)26-22(31)16-12-29(11-13-7-9-34-10-8-13)20(23(32)33)19(21(16)30)14-1-3-15(25)4-2-14/h1-6,12-13H,7-11H2,(H,32,33)(H,26,28,31). The molecule has 3 heterocycles. The molecule has 0 unspecified atom stereocenters. The van der Waals surface area contributed by atoms with E-state index < -0.39 is 23.1 Å². The Morgan fingerprint density at radius 3 is 2.47 bits per heavy atom. The monoisotopic (exact) mass is 530 g/mol. The van der Waals surface area contributed by atoms with Crippen LogP contribution < -0.4 is 10.7 Å². The molecule has 11 heteroatoms. The number of hydrogen-bond donors (Lipinski definition) is 2. The maximum Gasteiger partial charge on any atom is 0.353 e. The molecule has 176 valence electrons. The molecule has 0 aliphatic carbocycles. The number of nitrogens with one attached hydrogen (secondary N) is 1. The highest BCUT2D eigenvalue weighted by atomic mass is 79.9. The molecule has 1 aromatic carbocycles. The van der Waals surface area contributed by atoms with Crippen LogP contribution in [0, 0.1) is 11.7 Å². The zero-order chi connectivity index (χ0) is 24.2.